The van der Waals surface area contributed by atoms with Crippen LogP contribution in [0.4, 0.5) is 0 Å². The highest BCUT2D eigenvalue weighted by Crippen LogP contribution is 2.13. The van der Waals surface area contributed by atoms with E-state index in [9.17, 15) is 9.59 Å². The Hall–Kier alpha value is -3.52. The number of fused-ring (bicyclic) bond motifs is 1. The summed E-state index contributed by atoms with van der Waals surface area (Å²) in [6.45, 7) is 2.00. The molecule has 0 saturated heterocycles. The minimum absolute atomic E-state index is 0.0484. The molecule has 0 radical (unpaired) electrons. The first-order chi connectivity index (χ1) is 16.1. The lowest BCUT2D eigenvalue weighted by molar-refractivity contribution is -0.126. The number of hydrogen-bond donors (Lipinski definition) is 1. The van der Waals surface area contributed by atoms with Gasteiger partial charge in [-0.1, -0.05) is 29.8 Å². The number of carbonyl (C=O) groups is 2. The van der Waals surface area contributed by atoms with Crippen molar-refractivity contribution in [3.05, 3.63) is 82.7 Å². The molecule has 0 bridgehead atoms. The van der Waals surface area contributed by atoms with Gasteiger partial charge in [-0.3, -0.25) is 14.6 Å². The summed E-state index contributed by atoms with van der Waals surface area (Å²) < 4.78 is 2.00. The van der Waals surface area contributed by atoms with Crippen LogP contribution in [-0.2, 0) is 35.5 Å². The Morgan fingerprint density at radius 2 is 2.03 bits per heavy atom. The zero-order valence-corrected chi connectivity index (χ0v) is 18.9. The second-order valence-electron chi connectivity index (χ2n) is 7.79. The summed E-state index contributed by atoms with van der Waals surface area (Å²) in [7, 11) is 0. The number of nitrogens with zero attached hydrogens (tertiary/aromatic N) is 5. The predicted octanol–water partition coefficient (Wildman–Crippen LogP) is 2.67. The largest absolute Gasteiger partial charge is 0.349 e. The maximum atomic E-state index is 12.7. The van der Waals surface area contributed by atoms with Crippen LogP contribution in [0.1, 0.15) is 29.2 Å². The molecule has 170 valence electrons. The normalized spacial score (nSPS) is 13.5. The maximum Gasteiger partial charge on any atom is 0.246 e. The van der Waals surface area contributed by atoms with Gasteiger partial charge in [-0.15, -0.1) is 10.2 Å². The molecule has 0 aliphatic carbocycles. The molecule has 0 fully saturated rings. The lowest BCUT2D eigenvalue weighted by Gasteiger charge is -2.18. The highest BCUT2D eigenvalue weighted by atomic mass is 35.5. The molecule has 2 aromatic heterocycles. The van der Waals surface area contributed by atoms with Gasteiger partial charge >= 0.3 is 0 Å². The molecule has 1 aromatic carbocycles. The minimum Gasteiger partial charge on any atom is -0.349 e. The number of pyridine rings is 1. The molecule has 1 N–H and O–H groups in total. The topological polar surface area (TPSA) is 93.0 Å². The summed E-state index contributed by atoms with van der Waals surface area (Å²) in [5.41, 5.74) is 1.91. The molecule has 1 aliphatic rings. The zero-order valence-electron chi connectivity index (χ0n) is 18.2. The summed E-state index contributed by atoms with van der Waals surface area (Å²) in [6.07, 6.45) is 8.45. The van der Waals surface area contributed by atoms with Crippen molar-refractivity contribution in [1.29, 1.82) is 0 Å². The molecule has 4 rings (SSSR count). The third-order valence-electron chi connectivity index (χ3n) is 5.49. The van der Waals surface area contributed by atoms with Gasteiger partial charge in [-0.25, -0.2) is 0 Å². The fourth-order valence-electron chi connectivity index (χ4n) is 3.69. The highest BCUT2D eigenvalue weighted by Gasteiger charge is 2.21. The zero-order chi connectivity index (χ0) is 23.0. The fraction of sp³-hybridized carbons (Fsp3) is 0.292. The van der Waals surface area contributed by atoms with Crippen molar-refractivity contribution >= 4 is 29.5 Å². The summed E-state index contributed by atoms with van der Waals surface area (Å²) in [6, 6.07) is 11.2. The number of aromatic nitrogens is 4. The van der Waals surface area contributed by atoms with Crippen molar-refractivity contribution in [2.45, 2.75) is 32.4 Å². The van der Waals surface area contributed by atoms with Gasteiger partial charge in [-0.2, -0.15) is 0 Å². The number of hydrogen-bond acceptors (Lipinski definition) is 5. The van der Waals surface area contributed by atoms with Crippen LogP contribution in [0.5, 0.6) is 0 Å². The van der Waals surface area contributed by atoms with E-state index in [1.807, 2.05) is 34.9 Å². The van der Waals surface area contributed by atoms with Gasteiger partial charge in [0.15, 0.2) is 5.82 Å². The quantitative estimate of drug-likeness (QED) is 0.542. The second kappa shape index (κ2) is 10.9. The molecule has 3 aromatic rings. The van der Waals surface area contributed by atoms with Crippen LogP contribution in [0.2, 0.25) is 5.02 Å². The Kier molecular flexibility index (Phi) is 7.47. The monoisotopic (exact) mass is 464 g/mol. The standard InChI is InChI=1S/C24H25ClN6O2/c25-20-5-1-3-18(15-20)7-9-24(33)30-12-10-21-28-29-22(31(21)14-13-30)17-27-23(32)8-6-19-4-2-11-26-16-19/h1-5,7,9,11,15-16H,6,8,10,12-14,17H2,(H,27,32)/b9-7+. The summed E-state index contributed by atoms with van der Waals surface area (Å²) >= 11 is 6.00. The minimum atomic E-state index is -0.0565. The van der Waals surface area contributed by atoms with Gasteiger partial charge in [0.05, 0.1) is 6.54 Å². The third kappa shape index (κ3) is 6.26. The molecule has 2 amide bonds. The number of nitrogens with one attached hydrogen (secondary N) is 1. The van der Waals surface area contributed by atoms with Gasteiger partial charge in [0.2, 0.25) is 11.8 Å². The van der Waals surface area contributed by atoms with Crippen LogP contribution in [0, 0.1) is 0 Å². The predicted molar refractivity (Wildman–Crippen MR) is 125 cm³/mol. The van der Waals surface area contributed by atoms with E-state index in [0.29, 0.717) is 56.3 Å². The van der Waals surface area contributed by atoms with E-state index in [1.165, 1.54) is 0 Å². The molecule has 8 nitrogen and oxygen atoms in total. The van der Waals surface area contributed by atoms with Gasteiger partial charge < -0.3 is 14.8 Å². The summed E-state index contributed by atoms with van der Waals surface area (Å²) in [5, 5.41) is 12.1. The van der Waals surface area contributed by atoms with Crippen molar-refractivity contribution in [2.24, 2.45) is 0 Å². The van der Waals surface area contributed by atoms with Crippen LogP contribution in [-0.4, -0.2) is 49.6 Å². The van der Waals surface area contributed by atoms with E-state index in [4.69, 9.17) is 11.6 Å². The Bertz CT molecular complexity index is 1140. The highest BCUT2D eigenvalue weighted by molar-refractivity contribution is 6.30. The van der Waals surface area contributed by atoms with Crippen LogP contribution < -0.4 is 5.32 Å². The van der Waals surface area contributed by atoms with Gasteiger partial charge in [0, 0.05) is 56.0 Å². The van der Waals surface area contributed by atoms with Gasteiger partial charge in [0.25, 0.3) is 0 Å². The molecule has 0 atom stereocenters. The van der Waals surface area contributed by atoms with E-state index in [-0.39, 0.29) is 11.8 Å². The molecule has 9 heteroatoms. The number of amides is 2. The molecule has 3 heterocycles. The molecular formula is C24H25ClN6O2. The molecule has 33 heavy (non-hydrogen) atoms. The molecule has 0 unspecified atom stereocenters. The van der Waals surface area contributed by atoms with E-state index >= 15 is 0 Å². The average Bonchev–Trinajstić information content (AvgIpc) is 3.09. The van der Waals surface area contributed by atoms with E-state index < -0.39 is 0 Å². The Morgan fingerprint density at radius 1 is 1.12 bits per heavy atom. The lowest BCUT2D eigenvalue weighted by atomic mass is 10.1. The third-order valence-corrected chi connectivity index (χ3v) is 5.72. The van der Waals surface area contributed by atoms with E-state index in [2.05, 4.69) is 20.5 Å². The van der Waals surface area contributed by atoms with Crippen LogP contribution in [0.3, 0.4) is 0 Å². The smallest absolute Gasteiger partial charge is 0.246 e. The van der Waals surface area contributed by atoms with E-state index in [0.717, 1.165) is 17.0 Å². The molecule has 0 spiro atoms. The number of halogens is 1. The molecule has 1 aliphatic heterocycles. The van der Waals surface area contributed by atoms with Gasteiger partial charge in [0.1, 0.15) is 5.82 Å². The molecular weight excluding hydrogens is 440 g/mol. The van der Waals surface area contributed by atoms with Crippen LogP contribution in [0.15, 0.2) is 54.9 Å². The average molecular weight is 465 g/mol. The van der Waals surface area contributed by atoms with Gasteiger partial charge in [-0.05, 0) is 41.8 Å². The molecule has 0 saturated carbocycles. The summed E-state index contributed by atoms with van der Waals surface area (Å²) in [4.78, 5) is 30.8. The fourth-order valence-corrected chi connectivity index (χ4v) is 3.89. The van der Waals surface area contributed by atoms with Crippen molar-refractivity contribution in [1.82, 2.24) is 30.0 Å². The van der Waals surface area contributed by atoms with Crippen molar-refractivity contribution in [3.63, 3.8) is 0 Å². The van der Waals surface area contributed by atoms with Crippen molar-refractivity contribution in [2.75, 3.05) is 13.1 Å². The van der Waals surface area contributed by atoms with Crippen molar-refractivity contribution in [3.8, 4) is 0 Å². The second-order valence-corrected chi connectivity index (χ2v) is 8.22. The first-order valence-electron chi connectivity index (χ1n) is 10.9. The number of carbonyl (C=O) groups excluding carboxylic acids is 2. The first kappa shape index (κ1) is 22.7. The lowest BCUT2D eigenvalue weighted by Crippen LogP contribution is -2.32. The number of aryl methyl sites for hydroxylation is 1. The number of rotatable bonds is 7. The number of benzene rings is 1. The maximum absolute atomic E-state index is 12.7. The van der Waals surface area contributed by atoms with Crippen LogP contribution in [0.25, 0.3) is 6.08 Å². The first-order valence-corrected chi connectivity index (χ1v) is 11.3. The van der Waals surface area contributed by atoms with E-state index in [1.54, 1.807) is 35.5 Å². The van der Waals surface area contributed by atoms with Crippen LogP contribution >= 0.6 is 11.6 Å². The van der Waals surface area contributed by atoms with Crippen molar-refractivity contribution < 1.29 is 9.59 Å². The Labute approximate surface area is 197 Å². The SMILES string of the molecule is O=C(CCc1cccnc1)NCc1nnc2n1CCN(C(=O)/C=C/c1cccc(Cl)c1)CC2. The Morgan fingerprint density at radius 3 is 2.85 bits per heavy atom. The Balaban J connectivity index is 1.29. The summed E-state index contributed by atoms with van der Waals surface area (Å²) in [5.74, 6) is 1.42.